The van der Waals surface area contributed by atoms with E-state index in [1.807, 2.05) is 18.3 Å². The van der Waals surface area contributed by atoms with Gasteiger partial charge in [0.25, 0.3) is 5.91 Å². The number of benzene rings is 1. The van der Waals surface area contributed by atoms with E-state index in [0.717, 1.165) is 61.6 Å². The van der Waals surface area contributed by atoms with Crippen LogP contribution in [0.5, 0.6) is 0 Å². The van der Waals surface area contributed by atoms with Gasteiger partial charge in [-0.25, -0.2) is 13.6 Å². The molecule has 0 radical (unpaired) electrons. The smallest absolute Gasteiger partial charge is 0.324 e. The standard InChI is InChI=1S/C26H32F2N4O3/c1-26(2)24(19-7-8-20(27)21(28)16-19)32(23(33)17-35-26)25(34)30-12-5-13-31-14-9-18(10-15-31)22-6-3-4-11-29-22/h3-4,6-8,11,16,18,24H,5,9-10,12-15,17H2,1-2H3,(H,30,34). The number of nitrogens with zero attached hydrogens (tertiary/aromatic N) is 3. The highest BCUT2D eigenvalue weighted by molar-refractivity contribution is 5.96. The van der Waals surface area contributed by atoms with Crippen LogP contribution in [0.1, 0.15) is 56.3 Å². The van der Waals surface area contributed by atoms with E-state index in [4.69, 9.17) is 4.74 Å². The van der Waals surface area contributed by atoms with E-state index >= 15 is 0 Å². The van der Waals surface area contributed by atoms with Crippen LogP contribution in [0, 0.1) is 11.6 Å². The summed E-state index contributed by atoms with van der Waals surface area (Å²) in [5, 5.41) is 2.83. The van der Waals surface area contributed by atoms with Crippen LogP contribution in [0.4, 0.5) is 13.6 Å². The summed E-state index contributed by atoms with van der Waals surface area (Å²) in [5.74, 6) is -2.07. The van der Waals surface area contributed by atoms with Gasteiger partial charge in [-0.05, 0) is 82.6 Å². The molecule has 0 bridgehead atoms. The van der Waals surface area contributed by atoms with Crippen LogP contribution in [0.2, 0.25) is 0 Å². The summed E-state index contributed by atoms with van der Waals surface area (Å²) >= 11 is 0. The first-order valence-electron chi connectivity index (χ1n) is 12.1. The number of aromatic nitrogens is 1. The number of hydrogen-bond donors (Lipinski definition) is 1. The van der Waals surface area contributed by atoms with E-state index in [1.54, 1.807) is 13.8 Å². The molecule has 0 spiro atoms. The summed E-state index contributed by atoms with van der Waals surface area (Å²) in [6, 6.07) is 7.97. The Morgan fingerprint density at radius 2 is 1.94 bits per heavy atom. The fourth-order valence-electron chi connectivity index (χ4n) is 4.97. The zero-order chi connectivity index (χ0) is 25.0. The molecule has 0 saturated carbocycles. The molecule has 2 fully saturated rings. The maximum Gasteiger partial charge on any atom is 0.324 e. The number of imide groups is 1. The van der Waals surface area contributed by atoms with Crippen molar-refractivity contribution in [2.45, 2.75) is 50.7 Å². The molecule has 35 heavy (non-hydrogen) atoms. The largest absolute Gasteiger partial charge is 0.363 e. The number of pyridine rings is 1. The van der Waals surface area contributed by atoms with Gasteiger partial charge in [0.2, 0.25) is 0 Å². The van der Waals surface area contributed by atoms with Crippen molar-refractivity contribution in [3.8, 4) is 0 Å². The molecule has 188 valence electrons. The second-order valence-electron chi connectivity index (χ2n) is 9.69. The lowest BCUT2D eigenvalue weighted by Crippen LogP contribution is -2.58. The second kappa shape index (κ2) is 10.8. The molecule has 3 amide bonds. The van der Waals surface area contributed by atoms with Crippen molar-refractivity contribution in [3.05, 3.63) is 65.5 Å². The van der Waals surface area contributed by atoms with E-state index in [1.165, 1.54) is 6.07 Å². The van der Waals surface area contributed by atoms with Crippen molar-refractivity contribution in [3.63, 3.8) is 0 Å². The molecule has 1 atom stereocenters. The van der Waals surface area contributed by atoms with Crippen LogP contribution in [0.15, 0.2) is 42.6 Å². The van der Waals surface area contributed by atoms with E-state index in [2.05, 4.69) is 21.3 Å². The molecule has 2 aromatic rings. The fraction of sp³-hybridized carbons (Fsp3) is 0.500. The highest BCUT2D eigenvalue weighted by Crippen LogP contribution is 2.38. The number of urea groups is 1. The Morgan fingerprint density at radius 3 is 2.63 bits per heavy atom. The molecule has 2 aliphatic heterocycles. The Labute approximate surface area is 204 Å². The van der Waals surface area contributed by atoms with Crippen molar-refractivity contribution < 1.29 is 23.1 Å². The Hall–Kier alpha value is -2.91. The minimum absolute atomic E-state index is 0.258. The average Bonchev–Trinajstić information content (AvgIpc) is 2.85. The Balaban J connectivity index is 1.31. The third-order valence-corrected chi connectivity index (χ3v) is 6.85. The van der Waals surface area contributed by atoms with Gasteiger partial charge in [0.05, 0.1) is 11.6 Å². The predicted molar refractivity (Wildman–Crippen MR) is 127 cm³/mol. The van der Waals surface area contributed by atoms with Crippen LogP contribution >= 0.6 is 0 Å². The minimum atomic E-state index is -1.04. The number of morpholine rings is 1. The third kappa shape index (κ3) is 5.85. The number of likely N-dealkylation sites (tertiary alicyclic amines) is 1. The summed E-state index contributed by atoms with van der Waals surface area (Å²) < 4.78 is 33.1. The van der Waals surface area contributed by atoms with Gasteiger partial charge in [-0.1, -0.05) is 12.1 Å². The number of carbonyl (C=O) groups is 2. The lowest BCUT2D eigenvalue weighted by Gasteiger charge is -2.44. The zero-order valence-electron chi connectivity index (χ0n) is 20.2. The topological polar surface area (TPSA) is 74.8 Å². The van der Waals surface area contributed by atoms with Crippen LogP contribution < -0.4 is 5.32 Å². The molecule has 3 heterocycles. The molecular weight excluding hydrogens is 454 g/mol. The lowest BCUT2D eigenvalue weighted by molar-refractivity contribution is -0.165. The Kier molecular flexibility index (Phi) is 7.76. The van der Waals surface area contributed by atoms with Crippen LogP contribution in [0.25, 0.3) is 0 Å². The Bertz CT molecular complexity index is 1040. The van der Waals surface area contributed by atoms with Gasteiger partial charge in [0.15, 0.2) is 11.6 Å². The first-order valence-corrected chi connectivity index (χ1v) is 12.1. The van der Waals surface area contributed by atoms with E-state index < -0.39 is 35.2 Å². The number of halogens is 2. The highest BCUT2D eigenvalue weighted by Gasteiger charge is 2.46. The molecule has 1 aromatic heterocycles. The van der Waals surface area contributed by atoms with Gasteiger partial charge in [-0.3, -0.25) is 14.7 Å². The van der Waals surface area contributed by atoms with Gasteiger partial charge < -0.3 is 15.0 Å². The van der Waals surface area contributed by atoms with Crippen molar-refractivity contribution in [2.24, 2.45) is 0 Å². The maximum absolute atomic E-state index is 13.9. The van der Waals surface area contributed by atoms with Gasteiger partial charge in [-0.2, -0.15) is 0 Å². The number of rotatable bonds is 6. The molecule has 1 aromatic carbocycles. The van der Waals surface area contributed by atoms with Crippen molar-refractivity contribution in [2.75, 3.05) is 32.8 Å². The van der Waals surface area contributed by atoms with Crippen molar-refractivity contribution in [1.82, 2.24) is 20.1 Å². The first kappa shape index (κ1) is 25.2. The highest BCUT2D eigenvalue weighted by atomic mass is 19.2. The summed E-state index contributed by atoms with van der Waals surface area (Å²) in [6.45, 7) is 6.37. The normalized spacial score (nSPS) is 21.2. The minimum Gasteiger partial charge on any atom is -0.363 e. The van der Waals surface area contributed by atoms with Crippen molar-refractivity contribution in [1.29, 1.82) is 0 Å². The number of hydrogen-bond acceptors (Lipinski definition) is 5. The molecule has 2 saturated heterocycles. The molecular formula is C26H32F2N4O3. The van der Waals surface area contributed by atoms with Crippen LogP contribution in [-0.4, -0.2) is 65.1 Å². The molecule has 7 nitrogen and oxygen atoms in total. The van der Waals surface area contributed by atoms with Crippen LogP contribution in [-0.2, 0) is 9.53 Å². The Morgan fingerprint density at radius 1 is 1.17 bits per heavy atom. The summed E-state index contributed by atoms with van der Waals surface area (Å²) in [5.41, 5.74) is 0.481. The zero-order valence-corrected chi connectivity index (χ0v) is 20.2. The summed E-state index contributed by atoms with van der Waals surface area (Å²) in [7, 11) is 0. The van der Waals surface area contributed by atoms with Gasteiger partial charge in [0.1, 0.15) is 6.61 Å². The van der Waals surface area contributed by atoms with Crippen molar-refractivity contribution >= 4 is 11.9 Å². The number of amides is 3. The van der Waals surface area contributed by atoms with E-state index in [-0.39, 0.29) is 6.61 Å². The number of nitrogens with one attached hydrogen (secondary N) is 1. The van der Waals surface area contributed by atoms with Gasteiger partial charge in [0, 0.05) is 24.4 Å². The molecule has 4 rings (SSSR count). The quantitative estimate of drug-likeness (QED) is 0.625. The van der Waals surface area contributed by atoms with Gasteiger partial charge in [-0.15, -0.1) is 0 Å². The monoisotopic (exact) mass is 486 g/mol. The molecule has 1 unspecified atom stereocenters. The predicted octanol–water partition coefficient (Wildman–Crippen LogP) is 4.02. The molecule has 2 aliphatic rings. The van der Waals surface area contributed by atoms with Crippen LogP contribution in [0.3, 0.4) is 0 Å². The number of ether oxygens (including phenoxy) is 1. The second-order valence-corrected chi connectivity index (χ2v) is 9.69. The molecule has 9 heteroatoms. The maximum atomic E-state index is 13.9. The molecule has 1 N–H and O–H groups in total. The average molecular weight is 487 g/mol. The number of piperidine rings is 1. The SMILES string of the molecule is CC1(C)OCC(=O)N(C(=O)NCCCN2CCC(c3ccccn3)CC2)C1c1ccc(F)c(F)c1. The third-order valence-electron chi connectivity index (χ3n) is 6.85. The molecule has 0 aliphatic carbocycles. The number of carbonyl (C=O) groups excluding carboxylic acids is 2. The van der Waals surface area contributed by atoms with Gasteiger partial charge >= 0.3 is 6.03 Å². The lowest BCUT2D eigenvalue weighted by atomic mass is 9.88. The summed E-state index contributed by atoms with van der Waals surface area (Å²) in [4.78, 5) is 33.6. The van der Waals surface area contributed by atoms with E-state index in [9.17, 15) is 18.4 Å². The summed E-state index contributed by atoms with van der Waals surface area (Å²) in [6.07, 6.45) is 4.67. The van der Waals surface area contributed by atoms with E-state index in [0.29, 0.717) is 18.0 Å². The first-order chi connectivity index (χ1) is 16.8. The fourth-order valence-corrected chi connectivity index (χ4v) is 4.97.